The van der Waals surface area contributed by atoms with Gasteiger partial charge < -0.3 is 14.9 Å². The Kier molecular flexibility index (Phi) is 7.66. The van der Waals surface area contributed by atoms with Crippen LogP contribution in [0.3, 0.4) is 0 Å². The van der Waals surface area contributed by atoms with Gasteiger partial charge in [-0.1, -0.05) is 61.0 Å². The Morgan fingerprint density at radius 3 is 2.14 bits per heavy atom. The molecule has 0 bridgehead atoms. The fraction of sp³-hybridized carbons (Fsp3) is 0.838. The summed E-state index contributed by atoms with van der Waals surface area (Å²) in [7, 11) is 0. The highest BCUT2D eigenvalue weighted by atomic mass is 16.5. The lowest BCUT2D eigenvalue weighted by atomic mass is 9.33. The number of hydrogen-bond acceptors (Lipinski definition) is 5. The van der Waals surface area contributed by atoms with Gasteiger partial charge in [0, 0.05) is 11.3 Å². The van der Waals surface area contributed by atoms with Gasteiger partial charge in [-0.15, -0.1) is 0 Å². The van der Waals surface area contributed by atoms with E-state index < -0.39 is 22.8 Å². The lowest BCUT2D eigenvalue weighted by Gasteiger charge is -2.70. The van der Waals surface area contributed by atoms with Crippen molar-refractivity contribution in [2.75, 3.05) is 0 Å². The van der Waals surface area contributed by atoms with Crippen molar-refractivity contribution in [2.24, 2.45) is 55.7 Å². The molecular formula is C37H56O7. The van der Waals surface area contributed by atoms with E-state index in [2.05, 4.69) is 41.5 Å². The summed E-state index contributed by atoms with van der Waals surface area (Å²) < 4.78 is 6.14. The molecule has 4 saturated carbocycles. The van der Waals surface area contributed by atoms with Crippen molar-refractivity contribution < 1.29 is 34.1 Å². The summed E-state index contributed by atoms with van der Waals surface area (Å²) in [5.74, 6) is -1.65. The Hall–Kier alpha value is -2.18. The van der Waals surface area contributed by atoms with Crippen molar-refractivity contribution in [2.45, 2.75) is 139 Å². The molecule has 44 heavy (non-hydrogen) atoms. The Bertz CT molecular complexity index is 1290. The number of ketones is 1. The number of carbonyl (C=O) groups is 4. The molecule has 7 heteroatoms. The number of fused-ring (bicyclic) bond motifs is 7. The van der Waals surface area contributed by atoms with Crippen molar-refractivity contribution in [1.82, 2.24) is 0 Å². The molecule has 5 aliphatic rings. The molecule has 0 aliphatic heterocycles. The standard InChI is InChI=1S/C37H56O7/c1-31(2,20-27(39)40)21-28(41)44-26-11-12-35(7)25(32(26,3)4)10-13-37(9)29(35)24(38)18-22-23-19-34(6,30(42)43)15-14-33(23,5)16-17-36(22,37)8/h18,23,25-26,29H,10-17,19-21H2,1-9H3,(H,39,40)(H,42,43)/t23-,25-,26-,29+,33+,34-,35-,36+,37+/m0/s1. The minimum absolute atomic E-state index is 0.0217. The number of rotatable bonds is 6. The molecule has 0 aromatic rings. The lowest BCUT2D eigenvalue weighted by Crippen LogP contribution is -2.66. The Morgan fingerprint density at radius 2 is 1.52 bits per heavy atom. The van der Waals surface area contributed by atoms with Gasteiger partial charge in [0.1, 0.15) is 6.10 Å². The van der Waals surface area contributed by atoms with Gasteiger partial charge in [0.05, 0.1) is 18.3 Å². The molecule has 0 heterocycles. The molecule has 5 rings (SSSR count). The highest BCUT2D eigenvalue weighted by molar-refractivity contribution is 5.95. The molecule has 4 fully saturated rings. The Morgan fingerprint density at radius 1 is 0.886 bits per heavy atom. The van der Waals surface area contributed by atoms with Crippen LogP contribution in [-0.2, 0) is 23.9 Å². The molecule has 0 aromatic carbocycles. The third-order valence-electron chi connectivity index (χ3n) is 14.6. The molecule has 7 nitrogen and oxygen atoms in total. The Labute approximate surface area is 264 Å². The van der Waals surface area contributed by atoms with Crippen LogP contribution < -0.4 is 0 Å². The van der Waals surface area contributed by atoms with Crippen LogP contribution >= 0.6 is 0 Å². The van der Waals surface area contributed by atoms with Gasteiger partial charge in [-0.05, 0) is 110 Å². The summed E-state index contributed by atoms with van der Waals surface area (Å²) in [6, 6.07) is 0. The van der Waals surface area contributed by atoms with Crippen LogP contribution in [-0.4, -0.2) is 40.0 Å². The van der Waals surface area contributed by atoms with Crippen LogP contribution in [0.5, 0.6) is 0 Å². The van der Waals surface area contributed by atoms with Crippen molar-refractivity contribution in [1.29, 1.82) is 0 Å². The van der Waals surface area contributed by atoms with Crippen LogP contribution in [0.4, 0.5) is 0 Å². The van der Waals surface area contributed by atoms with E-state index in [0.717, 1.165) is 38.5 Å². The number of aliphatic carboxylic acids is 2. The van der Waals surface area contributed by atoms with E-state index in [4.69, 9.17) is 4.74 Å². The second kappa shape index (κ2) is 10.2. The second-order valence-electron chi connectivity index (χ2n) is 18.3. The first-order chi connectivity index (χ1) is 20.0. The van der Waals surface area contributed by atoms with Crippen LogP contribution in [0.1, 0.15) is 133 Å². The van der Waals surface area contributed by atoms with Crippen LogP contribution in [0, 0.1) is 55.7 Å². The van der Waals surface area contributed by atoms with Gasteiger partial charge in [0.15, 0.2) is 5.78 Å². The summed E-state index contributed by atoms with van der Waals surface area (Å²) >= 11 is 0. The smallest absolute Gasteiger partial charge is 0.309 e. The third-order valence-corrected chi connectivity index (χ3v) is 14.6. The number of carboxylic acid groups (broad SMARTS) is 2. The average molecular weight is 613 g/mol. The molecule has 0 spiro atoms. The maximum atomic E-state index is 14.6. The van der Waals surface area contributed by atoms with E-state index in [9.17, 15) is 29.4 Å². The molecule has 5 aliphatic carbocycles. The summed E-state index contributed by atoms with van der Waals surface area (Å²) in [5.41, 5.74) is -1.23. The molecular weight excluding hydrogens is 556 g/mol. The molecule has 246 valence electrons. The summed E-state index contributed by atoms with van der Waals surface area (Å²) in [4.78, 5) is 51.3. The summed E-state index contributed by atoms with van der Waals surface area (Å²) in [5, 5.41) is 19.4. The molecule has 0 saturated heterocycles. The van der Waals surface area contributed by atoms with E-state index in [0.29, 0.717) is 19.3 Å². The molecule has 0 radical (unpaired) electrons. The van der Waals surface area contributed by atoms with Crippen molar-refractivity contribution in [3.05, 3.63) is 11.6 Å². The molecule has 0 aromatic heterocycles. The number of carboxylic acids is 2. The van der Waals surface area contributed by atoms with Crippen LogP contribution in [0.15, 0.2) is 11.6 Å². The first-order valence-electron chi connectivity index (χ1n) is 17.0. The zero-order valence-corrected chi connectivity index (χ0v) is 28.6. The highest BCUT2D eigenvalue weighted by Gasteiger charge is 2.70. The van der Waals surface area contributed by atoms with Gasteiger partial charge in [-0.25, -0.2) is 0 Å². The van der Waals surface area contributed by atoms with Crippen molar-refractivity contribution in [3.63, 3.8) is 0 Å². The second-order valence-corrected chi connectivity index (χ2v) is 18.3. The predicted molar refractivity (Wildman–Crippen MR) is 168 cm³/mol. The first-order valence-corrected chi connectivity index (χ1v) is 17.0. The number of carbonyl (C=O) groups excluding carboxylic acids is 2. The maximum absolute atomic E-state index is 14.6. The maximum Gasteiger partial charge on any atom is 0.309 e. The number of esters is 1. The van der Waals surface area contributed by atoms with E-state index >= 15 is 0 Å². The molecule has 2 N–H and O–H groups in total. The van der Waals surface area contributed by atoms with E-state index in [1.54, 1.807) is 13.8 Å². The van der Waals surface area contributed by atoms with Gasteiger partial charge in [-0.2, -0.15) is 0 Å². The quantitative estimate of drug-likeness (QED) is 0.293. The number of hydrogen-bond donors (Lipinski definition) is 2. The van der Waals surface area contributed by atoms with Gasteiger partial charge in [0.2, 0.25) is 0 Å². The minimum atomic E-state index is -0.924. The number of allylic oxidation sites excluding steroid dienone is 2. The van der Waals surface area contributed by atoms with Crippen LogP contribution in [0.25, 0.3) is 0 Å². The van der Waals surface area contributed by atoms with E-state index in [-0.39, 0.29) is 75.5 Å². The van der Waals surface area contributed by atoms with E-state index in [1.807, 2.05) is 13.0 Å². The Balaban J connectivity index is 1.45. The zero-order chi connectivity index (χ0) is 32.9. The minimum Gasteiger partial charge on any atom is -0.481 e. The SMILES string of the molecule is CC(C)(CC(=O)O)CC(=O)O[C@H]1CC[C@]2(C)[C@H]3C(=O)C=C4[C@@H]5C[C@@](C)(C(=O)O)CC[C@]5(C)CC[C@@]4(C)[C@]3(C)CC[C@H]2C1(C)C. The fourth-order valence-electron chi connectivity index (χ4n) is 11.6. The summed E-state index contributed by atoms with van der Waals surface area (Å²) in [6.07, 6.45) is 9.22. The average Bonchev–Trinajstić information content (AvgIpc) is 2.86. The monoisotopic (exact) mass is 612 g/mol. The molecule has 0 amide bonds. The van der Waals surface area contributed by atoms with Gasteiger partial charge >= 0.3 is 17.9 Å². The summed E-state index contributed by atoms with van der Waals surface area (Å²) in [6.45, 7) is 19.2. The zero-order valence-electron chi connectivity index (χ0n) is 28.6. The third kappa shape index (κ3) is 4.80. The van der Waals surface area contributed by atoms with Crippen molar-refractivity contribution in [3.8, 4) is 0 Å². The first kappa shape index (κ1) is 33.2. The fourth-order valence-corrected chi connectivity index (χ4v) is 11.6. The molecule has 9 atom stereocenters. The van der Waals surface area contributed by atoms with E-state index in [1.165, 1.54) is 5.57 Å². The highest BCUT2D eigenvalue weighted by Crippen LogP contribution is 2.75. The van der Waals surface area contributed by atoms with Gasteiger partial charge in [0.25, 0.3) is 0 Å². The van der Waals surface area contributed by atoms with Crippen LogP contribution in [0.2, 0.25) is 0 Å². The van der Waals surface area contributed by atoms with Gasteiger partial charge in [-0.3, -0.25) is 19.2 Å². The topological polar surface area (TPSA) is 118 Å². The lowest BCUT2D eigenvalue weighted by molar-refractivity contribution is -0.211. The number of ether oxygens (including phenoxy) is 1. The largest absolute Gasteiger partial charge is 0.481 e. The molecule has 0 unspecified atom stereocenters. The predicted octanol–water partition coefficient (Wildman–Crippen LogP) is 7.85. The normalized spacial score (nSPS) is 44.7. The van der Waals surface area contributed by atoms with Crippen molar-refractivity contribution >= 4 is 23.7 Å².